The second-order valence-electron chi connectivity index (χ2n) is 8.14. The molecular weight excluding hydrogens is 627 g/mol. The number of halogens is 2. The number of benzene rings is 3. The van der Waals surface area contributed by atoms with E-state index in [-0.39, 0.29) is 24.7 Å². The SMILES string of the molecule is CCOc1cc(/C=C2\C(=O)NC(=O)N(c3ccc4c(c3)OCO4)C2=O)cc(I)c1OCc1ccccc1Cl. The number of urea groups is 1. The van der Waals surface area contributed by atoms with Crippen molar-refractivity contribution in [2.75, 3.05) is 18.3 Å². The van der Waals surface area contributed by atoms with Crippen molar-refractivity contribution in [1.29, 1.82) is 0 Å². The largest absolute Gasteiger partial charge is 0.490 e. The first-order valence-electron chi connectivity index (χ1n) is 11.5. The summed E-state index contributed by atoms with van der Waals surface area (Å²) >= 11 is 8.35. The van der Waals surface area contributed by atoms with E-state index in [2.05, 4.69) is 27.9 Å². The molecule has 1 saturated heterocycles. The number of imide groups is 2. The molecule has 2 aliphatic rings. The van der Waals surface area contributed by atoms with Crippen molar-refractivity contribution in [2.45, 2.75) is 13.5 Å². The average Bonchev–Trinajstić information content (AvgIpc) is 3.35. The second kappa shape index (κ2) is 10.9. The fraction of sp³-hybridized carbons (Fsp3) is 0.148. The number of carbonyl (C=O) groups excluding carboxylic acids is 3. The topological polar surface area (TPSA) is 103 Å². The van der Waals surface area contributed by atoms with E-state index in [0.717, 1.165) is 10.5 Å². The highest BCUT2D eigenvalue weighted by molar-refractivity contribution is 14.1. The van der Waals surface area contributed by atoms with Crippen LogP contribution in [-0.2, 0) is 16.2 Å². The first-order chi connectivity index (χ1) is 18.4. The molecule has 0 spiro atoms. The van der Waals surface area contributed by atoms with Crippen LogP contribution in [0.2, 0.25) is 5.02 Å². The van der Waals surface area contributed by atoms with Gasteiger partial charge in [0.25, 0.3) is 11.8 Å². The minimum absolute atomic E-state index is 0.0431. The third-order valence-corrected chi connectivity index (χ3v) is 6.86. The van der Waals surface area contributed by atoms with E-state index >= 15 is 0 Å². The summed E-state index contributed by atoms with van der Waals surface area (Å²) in [4.78, 5) is 39.5. The Kier molecular flexibility index (Phi) is 7.43. The van der Waals surface area contributed by atoms with Crippen LogP contribution in [0.5, 0.6) is 23.0 Å². The average molecular weight is 647 g/mol. The van der Waals surface area contributed by atoms with Gasteiger partial charge in [0.1, 0.15) is 12.2 Å². The molecule has 1 fully saturated rings. The Balaban J connectivity index is 1.46. The first-order valence-corrected chi connectivity index (χ1v) is 12.9. The van der Waals surface area contributed by atoms with Crippen molar-refractivity contribution < 1.29 is 33.3 Å². The molecule has 0 bridgehead atoms. The molecule has 9 nitrogen and oxygen atoms in total. The van der Waals surface area contributed by atoms with Crippen molar-refractivity contribution in [3.8, 4) is 23.0 Å². The van der Waals surface area contributed by atoms with Crippen LogP contribution < -0.4 is 29.2 Å². The molecule has 2 aliphatic heterocycles. The third-order valence-electron chi connectivity index (χ3n) is 5.69. The zero-order valence-electron chi connectivity index (χ0n) is 20.0. The Morgan fingerprint density at radius 2 is 1.84 bits per heavy atom. The number of rotatable bonds is 7. The Hall–Kier alpha value is -3.77. The summed E-state index contributed by atoms with van der Waals surface area (Å²) in [5, 5.41) is 2.81. The van der Waals surface area contributed by atoms with Gasteiger partial charge in [-0.05, 0) is 71.5 Å². The predicted molar refractivity (Wildman–Crippen MR) is 148 cm³/mol. The van der Waals surface area contributed by atoms with E-state index in [1.165, 1.54) is 12.1 Å². The van der Waals surface area contributed by atoms with Gasteiger partial charge in [0.05, 0.1) is 15.9 Å². The molecule has 0 unspecified atom stereocenters. The zero-order chi connectivity index (χ0) is 26.8. The van der Waals surface area contributed by atoms with Gasteiger partial charge in [0.15, 0.2) is 23.0 Å². The van der Waals surface area contributed by atoms with Crippen LogP contribution in [0.25, 0.3) is 6.08 Å². The number of carbonyl (C=O) groups is 3. The molecule has 3 aromatic rings. The van der Waals surface area contributed by atoms with E-state index < -0.39 is 17.8 Å². The maximum absolute atomic E-state index is 13.3. The normalized spacial score (nSPS) is 15.6. The number of ether oxygens (including phenoxy) is 4. The number of hydrogen-bond acceptors (Lipinski definition) is 7. The lowest BCUT2D eigenvalue weighted by Gasteiger charge is -2.26. The summed E-state index contributed by atoms with van der Waals surface area (Å²) in [7, 11) is 0. The van der Waals surface area contributed by atoms with Crippen LogP contribution in [0.3, 0.4) is 0 Å². The summed E-state index contributed by atoms with van der Waals surface area (Å²) in [6, 6.07) is 14.6. The number of barbiturate groups is 1. The van der Waals surface area contributed by atoms with Crippen LogP contribution in [0, 0.1) is 3.57 Å². The fourth-order valence-electron chi connectivity index (χ4n) is 3.92. The summed E-state index contributed by atoms with van der Waals surface area (Å²) in [5.41, 5.74) is 1.35. The van der Waals surface area contributed by atoms with Gasteiger partial charge in [-0.1, -0.05) is 29.8 Å². The lowest BCUT2D eigenvalue weighted by atomic mass is 10.1. The van der Waals surface area contributed by atoms with Gasteiger partial charge in [-0.2, -0.15) is 0 Å². The highest BCUT2D eigenvalue weighted by Gasteiger charge is 2.37. The minimum Gasteiger partial charge on any atom is -0.490 e. The van der Waals surface area contributed by atoms with Crippen molar-refractivity contribution in [2.24, 2.45) is 0 Å². The Bertz CT molecular complexity index is 1490. The number of anilines is 1. The highest BCUT2D eigenvalue weighted by atomic mass is 127. The van der Waals surface area contributed by atoms with Gasteiger partial charge < -0.3 is 18.9 Å². The van der Waals surface area contributed by atoms with E-state index in [4.69, 9.17) is 30.5 Å². The van der Waals surface area contributed by atoms with Gasteiger partial charge >= 0.3 is 6.03 Å². The summed E-state index contributed by atoms with van der Waals surface area (Å²) in [5.74, 6) is 0.263. The van der Waals surface area contributed by atoms with Crippen molar-refractivity contribution in [1.82, 2.24) is 5.32 Å². The molecule has 5 rings (SSSR count). The van der Waals surface area contributed by atoms with Gasteiger partial charge in [0, 0.05) is 16.7 Å². The Morgan fingerprint density at radius 1 is 1.05 bits per heavy atom. The van der Waals surface area contributed by atoms with Crippen LogP contribution in [0.4, 0.5) is 10.5 Å². The monoisotopic (exact) mass is 646 g/mol. The number of hydrogen-bond donors (Lipinski definition) is 1. The Labute approximate surface area is 236 Å². The van der Waals surface area contributed by atoms with Gasteiger partial charge in [-0.3, -0.25) is 14.9 Å². The van der Waals surface area contributed by atoms with Crippen molar-refractivity contribution in [3.05, 3.63) is 79.9 Å². The summed E-state index contributed by atoms with van der Waals surface area (Å²) in [6.07, 6.45) is 1.41. The maximum Gasteiger partial charge on any atom is 0.335 e. The van der Waals surface area contributed by atoms with Crippen molar-refractivity contribution in [3.63, 3.8) is 0 Å². The van der Waals surface area contributed by atoms with E-state index in [0.29, 0.717) is 43.8 Å². The third kappa shape index (κ3) is 5.14. The standard InChI is InChI=1S/C27H20ClIN2O7/c1-2-35-23-11-15(10-20(29)24(23)36-13-16-5-3-4-6-19(16)28)9-18-25(32)30-27(34)31(26(18)33)17-7-8-21-22(12-17)38-14-37-21/h3-12H,2,13-14H2,1H3,(H,30,32,34)/b18-9+. The lowest BCUT2D eigenvalue weighted by molar-refractivity contribution is -0.122. The van der Waals surface area contributed by atoms with Crippen LogP contribution in [0.15, 0.2) is 60.2 Å². The van der Waals surface area contributed by atoms with Crippen molar-refractivity contribution >= 4 is 63.8 Å². The molecule has 0 aromatic heterocycles. The second-order valence-corrected chi connectivity index (χ2v) is 9.71. The van der Waals surface area contributed by atoms with Gasteiger partial charge in [0.2, 0.25) is 6.79 Å². The number of nitrogens with one attached hydrogen (secondary N) is 1. The first kappa shape index (κ1) is 25.9. The van der Waals surface area contributed by atoms with Crippen LogP contribution in [-0.4, -0.2) is 31.2 Å². The van der Waals surface area contributed by atoms with Gasteiger partial charge in [-0.25, -0.2) is 9.69 Å². The molecule has 194 valence electrons. The summed E-state index contributed by atoms with van der Waals surface area (Å²) in [6.45, 7) is 2.47. The predicted octanol–water partition coefficient (Wildman–Crippen LogP) is 5.32. The van der Waals surface area contributed by atoms with Crippen LogP contribution in [0.1, 0.15) is 18.1 Å². The highest BCUT2D eigenvalue weighted by Crippen LogP contribution is 2.38. The van der Waals surface area contributed by atoms with Crippen LogP contribution >= 0.6 is 34.2 Å². The van der Waals surface area contributed by atoms with Gasteiger partial charge in [-0.15, -0.1) is 0 Å². The maximum atomic E-state index is 13.3. The molecule has 0 atom stereocenters. The lowest BCUT2D eigenvalue weighted by Crippen LogP contribution is -2.54. The van der Waals surface area contributed by atoms with E-state index in [1.54, 1.807) is 30.3 Å². The zero-order valence-corrected chi connectivity index (χ0v) is 22.9. The van der Waals surface area contributed by atoms with E-state index in [1.807, 2.05) is 25.1 Å². The molecule has 0 aliphatic carbocycles. The minimum atomic E-state index is -0.857. The number of amides is 4. The molecule has 2 heterocycles. The molecular formula is C27H20ClIN2O7. The summed E-state index contributed by atoms with van der Waals surface area (Å²) < 4.78 is 23.2. The molecule has 3 aromatic carbocycles. The number of fused-ring (bicyclic) bond motifs is 1. The quantitative estimate of drug-likeness (QED) is 0.211. The van der Waals surface area contributed by atoms with E-state index in [9.17, 15) is 14.4 Å². The Morgan fingerprint density at radius 3 is 2.63 bits per heavy atom. The molecule has 4 amide bonds. The molecule has 0 radical (unpaired) electrons. The fourth-order valence-corrected chi connectivity index (χ4v) is 4.89. The molecule has 11 heteroatoms. The smallest absolute Gasteiger partial charge is 0.335 e. The molecule has 38 heavy (non-hydrogen) atoms. The molecule has 1 N–H and O–H groups in total. The molecule has 0 saturated carbocycles. The number of nitrogens with zero attached hydrogens (tertiary/aromatic N) is 1.